The van der Waals surface area contributed by atoms with E-state index in [1.165, 1.54) is 24.6 Å². The monoisotopic (exact) mass is 242 g/mol. The van der Waals surface area contributed by atoms with Crippen LogP contribution in [0.3, 0.4) is 0 Å². The summed E-state index contributed by atoms with van der Waals surface area (Å²) in [6, 6.07) is -0.648. The van der Waals surface area contributed by atoms with Crippen LogP contribution in [0.5, 0.6) is 0 Å². The first-order valence-electron chi connectivity index (χ1n) is 4.91. The highest BCUT2D eigenvalue weighted by Gasteiger charge is 2.18. The number of amides is 1. The molecule has 0 aliphatic carbocycles. The summed E-state index contributed by atoms with van der Waals surface area (Å²) in [6.07, 6.45) is 2.31. The first-order valence-corrected chi connectivity index (χ1v) is 5.73. The number of nitrogens with zero attached hydrogens (tertiary/aromatic N) is 1. The van der Waals surface area contributed by atoms with E-state index in [2.05, 4.69) is 15.0 Å². The van der Waals surface area contributed by atoms with Crippen LogP contribution in [0.1, 0.15) is 28.5 Å². The maximum absolute atomic E-state index is 11.7. The van der Waals surface area contributed by atoms with Gasteiger partial charge < -0.3 is 10.1 Å². The summed E-state index contributed by atoms with van der Waals surface area (Å²) in [5.41, 5.74) is 0. The van der Waals surface area contributed by atoms with Crippen molar-refractivity contribution in [2.75, 3.05) is 7.11 Å². The van der Waals surface area contributed by atoms with E-state index in [1.54, 1.807) is 6.92 Å². The minimum absolute atomic E-state index is 0.296. The van der Waals surface area contributed by atoms with Crippen molar-refractivity contribution in [1.82, 2.24) is 10.3 Å². The number of nitrogens with one attached hydrogen (secondary N) is 1. The Morgan fingerprint density at radius 3 is 2.81 bits per heavy atom. The molecule has 1 N–H and O–H groups in total. The summed E-state index contributed by atoms with van der Waals surface area (Å²) in [7, 11) is 1.28. The molecule has 0 aromatic carbocycles. The van der Waals surface area contributed by atoms with Gasteiger partial charge in [-0.2, -0.15) is 0 Å². The fourth-order valence-corrected chi connectivity index (χ4v) is 1.84. The van der Waals surface area contributed by atoms with Crippen LogP contribution in [0, 0.1) is 0 Å². The van der Waals surface area contributed by atoms with Crippen LogP contribution in [0.2, 0.25) is 0 Å². The van der Waals surface area contributed by atoms with Crippen molar-refractivity contribution in [3.05, 3.63) is 16.1 Å². The Kier molecular flexibility index (Phi) is 4.42. The van der Waals surface area contributed by atoms with Gasteiger partial charge in [0.15, 0.2) is 0 Å². The highest BCUT2D eigenvalue weighted by Crippen LogP contribution is 2.13. The van der Waals surface area contributed by atoms with Gasteiger partial charge >= 0.3 is 5.97 Å². The first-order chi connectivity index (χ1) is 7.58. The fourth-order valence-electron chi connectivity index (χ4n) is 1.08. The van der Waals surface area contributed by atoms with Crippen molar-refractivity contribution in [2.24, 2.45) is 0 Å². The number of methoxy groups -OCH3 is 1. The molecule has 1 amide bonds. The lowest BCUT2D eigenvalue weighted by Crippen LogP contribution is -2.38. The third-order valence-electron chi connectivity index (χ3n) is 1.98. The number of carbonyl (C=O) groups is 2. The Hall–Kier alpha value is -1.43. The van der Waals surface area contributed by atoms with Gasteiger partial charge in [-0.05, 0) is 13.3 Å². The minimum atomic E-state index is -0.648. The van der Waals surface area contributed by atoms with Crippen molar-refractivity contribution >= 4 is 23.2 Å². The molecule has 0 radical (unpaired) electrons. The van der Waals surface area contributed by atoms with Crippen LogP contribution in [-0.2, 0) is 16.0 Å². The second-order valence-electron chi connectivity index (χ2n) is 3.19. The van der Waals surface area contributed by atoms with Crippen LogP contribution in [0.25, 0.3) is 0 Å². The Bertz CT molecular complexity index is 389. The van der Waals surface area contributed by atoms with Gasteiger partial charge in [0.05, 0.1) is 18.3 Å². The van der Waals surface area contributed by atoms with Crippen molar-refractivity contribution in [3.63, 3.8) is 0 Å². The molecule has 1 heterocycles. The molecule has 0 spiro atoms. The SMILES string of the molecule is CCc1ncc(C(=O)N[C@@H](C)C(=O)OC)s1. The number of hydrogen-bond donors (Lipinski definition) is 1. The van der Waals surface area contributed by atoms with E-state index < -0.39 is 12.0 Å². The number of rotatable bonds is 4. The molecule has 0 fully saturated rings. The van der Waals surface area contributed by atoms with Crippen molar-refractivity contribution < 1.29 is 14.3 Å². The average Bonchev–Trinajstić information content (AvgIpc) is 2.76. The van der Waals surface area contributed by atoms with Crippen LogP contribution in [0.15, 0.2) is 6.20 Å². The maximum Gasteiger partial charge on any atom is 0.328 e. The molecular weight excluding hydrogens is 228 g/mol. The van der Waals surface area contributed by atoms with Crippen LogP contribution >= 0.6 is 11.3 Å². The molecule has 1 rings (SSSR count). The number of thiazole rings is 1. The Morgan fingerprint density at radius 2 is 2.31 bits per heavy atom. The van der Waals surface area contributed by atoms with Gasteiger partial charge in [0.25, 0.3) is 5.91 Å². The molecule has 0 aliphatic heterocycles. The summed E-state index contributed by atoms with van der Waals surface area (Å²) in [5, 5.41) is 3.44. The molecule has 88 valence electrons. The third kappa shape index (κ3) is 3.03. The van der Waals surface area contributed by atoms with Crippen molar-refractivity contribution in [2.45, 2.75) is 26.3 Å². The standard InChI is InChI=1S/C10H14N2O3S/c1-4-8-11-5-7(16-8)9(13)12-6(2)10(14)15-3/h5-6H,4H2,1-3H3,(H,12,13)/t6-/m0/s1. The number of hydrogen-bond acceptors (Lipinski definition) is 5. The molecule has 1 aromatic heterocycles. The molecule has 0 unspecified atom stereocenters. The van der Waals surface area contributed by atoms with Gasteiger partial charge in [0, 0.05) is 0 Å². The van der Waals surface area contributed by atoms with E-state index in [0.717, 1.165) is 11.4 Å². The molecule has 1 atom stereocenters. The van der Waals surface area contributed by atoms with E-state index in [1.807, 2.05) is 6.92 Å². The quantitative estimate of drug-likeness (QED) is 0.800. The smallest absolute Gasteiger partial charge is 0.328 e. The highest BCUT2D eigenvalue weighted by molar-refractivity contribution is 7.13. The maximum atomic E-state index is 11.7. The zero-order valence-corrected chi connectivity index (χ0v) is 10.3. The van der Waals surface area contributed by atoms with Gasteiger partial charge in [-0.25, -0.2) is 9.78 Å². The van der Waals surface area contributed by atoms with Gasteiger partial charge in [-0.1, -0.05) is 6.92 Å². The van der Waals surface area contributed by atoms with Gasteiger partial charge in [0.2, 0.25) is 0 Å². The van der Waals surface area contributed by atoms with Crippen LogP contribution in [0.4, 0.5) is 0 Å². The minimum Gasteiger partial charge on any atom is -0.467 e. The third-order valence-corrected chi connectivity index (χ3v) is 3.12. The fraction of sp³-hybridized carbons (Fsp3) is 0.500. The molecular formula is C10H14N2O3S. The molecule has 5 nitrogen and oxygen atoms in total. The number of ether oxygens (including phenoxy) is 1. The largest absolute Gasteiger partial charge is 0.467 e. The second kappa shape index (κ2) is 5.60. The number of aromatic nitrogens is 1. The topological polar surface area (TPSA) is 68.3 Å². The highest BCUT2D eigenvalue weighted by atomic mass is 32.1. The Morgan fingerprint density at radius 1 is 1.62 bits per heavy atom. The van der Waals surface area contributed by atoms with Gasteiger partial charge in [-0.15, -0.1) is 11.3 Å². The lowest BCUT2D eigenvalue weighted by molar-refractivity contribution is -0.142. The summed E-state index contributed by atoms with van der Waals surface area (Å²) >= 11 is 1.33. The van der Waals surface area contributed by atoms with Crippen LogP contribution in [-0.4, -0.2) is 30.0 Å². The van der Waals surface area contributed by atoms with Crippen LogP contribution < -0.4 is 5.32 Å². The normalized spacial score (nSPS) is 11.9. The summed E-state index contributed by atoms with van der Waals surface area (Å²) in [6.45, 7) is 3.54. The van der Waals surface area contributed by atoms with E-state index in [4.69, 9.17) is 0 Å². The van der Waals surface area contributed by atoms with E-state index in [9.17, 15) is 9.59 Å². The zero-order valence-electron chi connectivity index (χ0n) is 9.44. The molecule has 1 aromatic rings. The number of aryl methyl sites for hydroxylation is 1. The molecule has 0 saturated carbocycles. The van der Waals surface area contributed by atoms with E-state index in [0.29, 0.717) is 4.88 Å². The summed E-state index contributed by atoms with van der Waals surface area (Å²) < 4.78 is 4.51. The van der Waals surface area contributed by atoms with Crippen molar-refractivity contribution in [1.29, 1.82) is 0 Å². The predicted octanol–water partition coefficient (Wildman–Crippen LogP) is 0.997. The Labute approximate surface area is 97.8 Å². The van der Waals surface area contributed by atoms with E-state index >= 15 is 0 Å². The summed E-state index contributed by atoms with van der Waals surface area (Å²) in [5.74, 6) is -0.760. The molecule has 6 heteroatoms. The average molecular weight is 242 g/mol. The number of carbonyl (C=O) groups excluding carboxylic acids is 2. The molecule has 0 saturated heterocycles. The molecule has 0 bridgehead atoms. The number of esters is 1. The summed E-state index contributed by atoms with van der Waals surface area (Å²) in [4.78, 5) is 27.3. The Balaban J connectivity index is 2.61. The van der Waals surface area contributed by atoms with Gasteiger partial charge in [0.1, 0.15) is 10.9 Å². The molecule has 16 heavy (non-hydrogen) atoms. The van der Waals surface area contributed by atoms with Gasteiger partial charge in [-0.3, -0.25) is 4.79 Å². The lowest BCUT2D eigenvalue weighted by atomic mass is 10.3. The molecule has 0 aliphatic rings. The predicted molar refractivity (Wildman–Crippen MR) is 60.4 cm³/mol. The second-order valence-corrected chi connectivity index (χ2v) is 4.31. The lowest BCUT2D eigenvalue weighted by Gasteiger charge is -2.09. The van der Waals surface area contributed by atoms with Crippen molar-refractivity contribution in [3.8, 4) is 0 Å². The first kappa shape index (κ1) is 12.6. The zero-order chi connectivity index (χ0) is 12.1. The van der Waals surface area contributed by atoms with E-state index in [-0.39, 0.29) is 5.91 Å².